The van der Waals surface area contributed by atoms with Gasteiger partial charge in [0.25, 0.3) is 10.0 Å². The molecule has 9 nitrogen and oxygen atoms in total. The Hall–Kier alpha value is -2.60. The summed E-state index contributed by atoms with van der Waals surface area (Å²) >= 11 is 0. The van der Waals surface area contributed by atoms with E-state index < -0.39 is 18.3 Å². The molecule has 1 aliphatic carbocycles. The number of hydrogen-bond acceptors (Lipinski definition) is 7. The molecule has 38 heavy (non-hydrogen) atoms. The fraction of sp³-hybridized carbons (Fsp3) is 0.519. The van der Waals surface area contributed by atoms with Crippen molar-refractivity contribution in [3.63, 3.8) is 0 Å². The summed E-state index contributed by atoms with van der Waals surface area (Å²) in [5, 5.41) is 1.14. The molecular formula is C27H39N5O4SSi. The molecule has 1 amide bonds. The number of aryl methyl sites for hydroxylation is 1. The van der Waals surface area contributed by atoms with Gasteiger partial charge in [-0.15, -0.1) is 0 Å². The Labute approximate surface area is 226 Å². The Morgan fingerprint density at radius 3 is 2.45 bits per heavy atom. The molecule has 1 aromatic carbocycles. The molecule has 1 fully saturated rings. The predicted molar refractivity (Wildman–Crippen MR) is 152 cm³/mol. The third kappa shape index (κ3) is 5.29. The van der Waals surface area contributed by atoms with Gasteiger partial charge in [-0.25, -0.2) is 33.2 Å². The van der Waals surface area contributed by atoms with Crippen LogP contribution in [0.15, 0.2) is 47.6 Å². The van der Waals surface area contributed by atoms with Crippen LogP contribution in [0.1, 0.15) is 52.5 Å². The smallest absolute Gasteiger partial charge is 0.269 e. The quantitative estimate of drug-likeness (QED) is 0.188. The third-order valence-corrected chi connectivity index (χ3v) is 14.4. The van der Waals surface area contributed by atoms with Crippen molar-refractivity contribution in [3.05, 3.63) is 48.3 Å². The van der Waals surface area contributed by atoms with Crippen molar-refractivity contribution in [2.75, 3.05) is 5.01 Å². The molecule has 1 saturated carbocycles. The lowest BCUT2D eigenvalue weighted by atomic mass is 9.93. The molecule has 0 spiro atoms. The monoisotopic (exact) mass is 557 g/mol. The summed E-state index contributed by atoms with van der Waals surface area (Å²) in [6.07, 6.45) is 5.10. The molecule has 206 valence electrons. The first kappa shape index (κ1) is 28.4. The summed E-state index contributed by atoms with van der Waals surface area (Å²) < 4.78 is 34.1. The van der Waals surface area contributed by atoms with Gasteiger partial charge in [-0.05, 0) is 62.0 Å². The number of amides is 1. The zero-order valence-corrected chi connectivity index (χ0v) is 25.1. The highest BCUT2D eigenvalue weighted by molar-refractivity contribution is 7.90. The van der Waals surface area contributed by atoms with E-state index in [0.717, 1.165) is 27.4 Å². The average Bonchev–Trinajstić information content (AvgIpc) is 3.46. The SMILES string of the molecule is CCC1CC(O[Si](C)(C)C(C)(C)C)CC1C(=O)N(N)c1cnc2c(ccn2S(=O)(=O)c2ccc(C)cc2)n1. The number of anilines is 1. The van der Waals surface area contributed by atoms with Gasteiger partial charge in [-0.3, -0.25) is 4.79 Å². The molecule has 1 aliphatic rings. The lowest BCUT2D eigenvalue weighted by molar-refractivity contribution is -0.123. The van der Waals surface area contributed by atoms with Crippen LogP contribution >= 0.6 is 0 Å². The van der Waals surface area contributed by atoms with Crippen molar-refractivity contribution in [3.8, 4) is 0 Å². The fourth-order valence-electron chi connectivity index (χ4n) is 4.82. The highest BCUT2D eigenvalue weighted by atomic mass is 32.2. The van der Waals surface area contributed by atoms with Gasteiger partial charge in [-0.1, -0.05) is 51.8 Å². The average molecular weight is 558 g/mol. The second kappa shape index (κ2) is 10.2. The first-order valence-corrected chi connectivity index (χ1v) is 17.4. The highest BCUT2D eigenvalue weighted by Crippen LogP contribution is 2.43. The zero-order valence-electron chi connectivity index (χ0n) is 23.3. The molecular weight excluding hydrogens is 518 g/mol. The molecule has 2 heterocycles. The molecule has 2 aromatic heterocycles. The Bertz CT molecular complexity index is 1430. The second-order valence-corrected chi connectivity index (χ2v) is 18.4. The summed E-state index contributed by atoms with van der Waals surface area (Å²) in [6.45, 7) is 15.1. The first-order chi connectivity index (χ1) is 17.7. The normalized spacial score (nSPS) is 20.7. The van der Waals surface area contributed by atoms with Crippen molar-refractivity contribution in [1.82, 2.24) is 13.9 Å². The van der Waals surface area contributed by atoms with E-state index in [0.29, 0.717) is 11.9 Å². The number of nitrogens with two attached hydrogens (primary N) is 1. The second-order valence-electron chi connectivity index (χ2n) is 11.8. The van der Waals surface area contributed by atoms with E-state index in [9.17, 15) is 13.2 Å². The van der Waals surface area contributed by atoms with Gasteiger partial charge in [0, 0.05) is 18.2 Å². The standard InChI is InChI=1S/C27H39N5O4SSi/c1-8-19-15-20(36-38(6,7)27(3,4)5)16-22(19)26(33)32(28)24-17-29-25-23(30-24)13-14-31(25)37(34,35)21-11-9-18(2)10-12-21/h9-14,17,19-20,22H,8,15-16,28H2,1-7H3. The van der Waals surface area contributed by atoms with Crippen LogP contribution in [0.3, 0.4) is 0 Å². The van der Waals surface area contributed by atoms with Gasteiger partial charge < -0.3 is 4.43 Å². The minimum absolute atomic E-state index is 0.0257. The maximum atomic E-state index is 13.5. The molecule has 3 aromatic rings. The predicted octanol–water partition coefficient (Wildman–Crippen LogP) is 5.01. The molecule has 2 N–H and O–H groups in total. The summed E-state index contributed by atoms with van der Waals surface area (Å²) in [5.41, 5.74) is 1.47. The largest absolute Gasteiger partial charge is 0.414 e. The third-order valence-electron chi connectivity index (χ3n) is 8.17. The van der Waals surface area contributed by atoms with E-state index in [1.165, 1.54) is 12.4 Å². The number of nitrogens with zero attached hydrogens (tertiary/aromatic N) is 4. The number of hydrazine groups is 1. The number of carbonyl (C=O) groups excluding carboxylic acids is 1. The van der Waals surface area contributed by atoms with Crippen LogP contribution in [0.4, 0.5) is 5.82 Å². The van der Waals surface area contributed by atoms with E-state index in [4.69, 9.17) is 10.3 Å². The molecule has 3 unspecified atom stereocenters. The minimum atomic E-state index is -3.85. The van der Waals surface area contributed by atoms with Gasteiger partial charge in [0.1, 0.15) is 5.52 Å². The Morgan fingerprint density at radius 2 is 1.84 bits per heavy atom. The summed E-state index contributed by atoms with van der Waals surface area (Å²) in [7, 11) is -5.82. The van der Waals surface area contributed by atoms with Gasteiger partial charge in [0.05, 0.1) is 11.1 Å². The summed E-state index contributed by atoms with van der Waals surface area (Å²) in [4.78, 5) is 22.5. The summed E-state index contributed by atoms with van der Waals surface area (Å²) in [6, 6.07) is 8.17. The van der Waals surface area contributed by atoms with E-state index >= 15 is 0 Å². The molecule has 0 aliphatic heterocycles. The van der Waals surface area contributed by atoms with E-state index in [1.807, 2.05) is 6.92 Å². The minimum Gasteiger partial charge on any atom is -0.414 e. The number of aromatic nitrogens is 3. The van der Waals surface area contributed by atoms with Crippen LogP contribution in [0, 0.1) is 18.8 Å². The van der Waals surface area contributed by atoms with Crippen molar-refractivity contribution >= 4 is 41.2 Å². The van der Waals surface area contributed by atoms with Crippen LogP contribution in [0.25, 0.3) is 11.2 Å². The van der Waals surface area contributed by atoms with E-state index in [2.05, 4.69) is 50.8 Å². The number of rotatable bonds is 7. The van der Waals surface area contributed by atoms with Gasteiger partial charge in [-0.2, -0.15) is 0 Å². The number of benzene rings is 1. The van der Waals surface area contributed by atoms with Crippen molar-refractivity contribution < 1.29 is 17.6 Å². The number of fused-ring (bicyclic) bond motifs is 1. The Morgan fingerprint density at radius 1 is 1.18 bits per heavy atom. The Kier molecular flexibility index (Phi) is 7.61. The molecule has 11 heteroatoms. The van der Waals surface area contributed by atoms with Crippen LogP contribution < -0.4 is 10.9 Å². The van der Waals surface area contributed by atoms with Crippen LogP contribution in [0.5, 0.6) is 0 Å². The molecule has 0 radical (unpaired) electrons. The maximum absolute atomic E-state index is 13.5. The molecule has 4 rings (SSSR count). The maximum Gasteiger partial charge on any atom is 0.269 e. The topological polar surface area (TPSA) is 120 Å². The van der Waals surface area contributed by atoms with Crippen molar-refractivity contribution in [1.29, 1.82) is 0 Å². The van der Waals surface area contributed by atoms with Crippen molar-refractivity contribution in [2.45, 2.75) is 83.0 Å². The van der Waals surface area contributed by atoms with Crippen molar-refractivity contribution in [2.24, 2.45) is 17.7 Å². The Balaban J connectivity index is 1.55. The zero-order chi connectivity index (χ0) is 28.0. The molecule has 0 bridgehead atoms. The molecule has 3 atom stereocenters. The van der Waals surface area contributed by atoms with Crippen LogP contribution in [-0.2, 0) is 19.2 Å². The summed E-state index contributed by atoms with van der Waals surface area (Å²) in [5.74, 6) is 6.14. The number of carbonyl (C=O) groups is 1. The first-order valence-electron chi connectivity index (χ1n) is 13.1. The van der Waals surface area contributed by atoms with Gasteiger partial charge in [0.2, 0.25) is 5.91 Å². The fourth-order valence-corrected chi connectivity index (χ4v) is 7.50. The van der Waals surface area contributed by atoms with Gasteiger partial charge >= 0.3 is 0 Å². The van der Waals surface area contributed by atoms with Crippen LogP contribution in [-0.4, -0.2) is 42.7 Å². The highest BCUT2D eigenvalue weighted by Gasteiger charge is 2.45. The molecule has 0 saturated heterocycles. The van der Waals surface area contributed by atoms with Crippen LogP contribution in [0.2, 0.25) is 18.1 Å². The van der Waals surface area contributed by atoms with E-state index in [1.54, 1.807) is 30.3 Å². The van der Waals surface area contributed by atoms with Gasteiger partial charge in [0.15, 0.2) is 19.8 Å². The van der Waals surface area contributed by atoms with E-state index in [-0.39, 0.29) is 45.2 Å². The lowest BCUT2D eigenvalue weighted by Gasteiger charge is -2.38. The number of hydrogen-bond donors (Lipinski definition) is 1. The lowest BCUT2D eigenvalue weighted by Crippen LogP contribution is -2.44.